The third-order valence-electron chi connectivity index (χ3n) is 2.67. The molecule has 0 spiro atoms. The van der Waals surface area contributed by atoms with Crippen LogP contribution in [-0.4, -0.2) is 6.54 Å². The van der Waals surface area contributed by atoms with Crippen LogP contribution >= 0.6 is 0 Å². The van der Waals surface area contributed by atoms with Crippen LogP contribution in [0, 0.1) is 0 Å². The van der Waals surface area contributed by atoms with E-state index in [4.69, 9.17) is 11.5 Å². The van der Waals surface area contributed by atoms with Crippen molar-refractivity contribution >= 4 is 0 Å². The van der Waals surface area contributed by atoms with E-state index < -0.39 is 0 Å². The molecule has 4 N–H and O–H groups in total. The lowest BCUT2D eigenvalue weighted by Crippen LogP contribution is -2.23. The number of aryl methyl sites for hydroxylation is 2. The topological polar surface area (TPSA) is 52.0 Å². The Morgan fingerprint density at radius 1 is 1.14 bits per heavy atom. The zero-order valence-corrected chi connectivity index (χ0v) is 9.09. The zero-order chi connectivity index (χ0) is 10.6. The van der Waals surface area contributed by atoms with Crippen molar-refractivity contribution < 1.29 is 0 Å². The van der Waals surface area contributed by atoms with Crippen LogP contribution in [0.25, 0.3) is 0 Å². The van der Waals surface area contributed by atoms with E-state index in [-0.39, 0.29) is 6.04 Å². The standard InChI is InChI=1S/C12H20N2/c1-3-9-6-5-7-10(4-2)12(9)11(14)8-13/h5-7,11H,3-4,8,13-14H2,1-2H3. The molecule has 0 aromatic heterocycles. The van der Waals surface area contributed by atoms with E-state index in [2.05, 4.69) is 32.0 Å². The monoisotopic (exact) mass is 192 g/mol. The minimum Gasteiger partial charge on any atom is -0.329 e. The molecule has 0 heterocycles. The Balaban J connectivity index is 3.18. The Bertz CT molecular complexity index is 272. The second kappa shape index (κ2) is 5.13. The van der Waals surface area contributed by atoms with Gasteiger partial charge in [0.2, 0.25) is 0 Å². The summed E-state index contributed by atoms with van der Waals surface area (Å²) < 4.78 is 0. The van der Waals surface area contributed by atoms with Gasteiger partial charge in [-0.1, -0.05) is 32.0 Å². The number of benzene rings is 1. The molecule has 1 unspecified atom stereocenters. The average Bonchev–Trinajstić information content (AvgIpc) is 2.26. The molecule has 2 nitrogen and oxygen atoms in total. The highest BCUT2D eigenvalue weighted by Crippen LogP contribution is 2.21. The van der Waals surface area contributed by atoms with Gasteiger partial charge in [-0.15, -0.1) is 0 Å². The summed E-state index contributed by atoms with van der Waals surface area (Å²) in [6.45, 7) is 4.83. The fourth-order valence-electron chi connectivity index (χ4n) is 1.88. The number of hydrogen-bond donors (Lipinski definition) is 2. The van der Waals surface area contributed by atoms with Gasteiger partial charge in [-0.2, -0.15) is 0 Å². The summed E-state index contributed by atoms with van der Waals surface area (Å²) >= 11 is 0. The van der Waals surface area contributed by atoms with Crippen LogP contribution in [-0.2, 0) is 12.8 Å². The third-order valence-corrected chi connectivity index (χ3v) is 2.67. The molecule has 0 bridgehead atoms. The highest BCUT2D eigenvalue weighted by atomic mass is 14.7. The van der Waals surface area contributed by atoms with Gasteiger partial charge >= 0.3 is 0 Å². The molecular weight excluding hydrogens is 172 g/mol. The normalized spacial score (nSPS) is 12.9. The molecule has 0 radical (unpaired) electrons. The van der Waals surface area contributed by atoms with Crippen molar-refractivity contribution in [3.63, 3.8) is 0 Å². The van der Waals surface area contributed by atoms with E-state index in [0.29, 0.717) is 6.54 Å². The van der Waals surface area contributed by atoms with Gasteiger partial charge in [0, 0.05) is 12.6 Å². The van der Waals surface area contributed by atoms with Gasteiger partial charge in [-0.05, 0) is 29.5 Å². The maximum Gasteiger partial charge on any atom is 0.0424 e. The molecule has 0 aliphatic rings. The highest BCUT2D eigenvalue weighted by Gasteiger charge is 2.11. The van der Waals surface area contributed by atoms with Crippen molar-refractivity contribution in [1.82, 2.24) is 0 Å². The smallest absolute Gasteiger partial charge is 0.0424 e. The molecule has 0 amide bonds. The first-order valence-electron chi connectivity index (χ1n) is 5.30. The second-order valence-corrected chi connectivity index (χ2v) is 3.54. The number of hydrogen-bond acceptors (Lipinski definition) is 2. The van der Waals surface area contributed by atoms with E-state index in [1.807, 2.05) is 0 Å². The van der Waals surface area contributed by atoms with Crippen LogP contribution < -0.4 is 11.5 Å². The largest absolute Gasteiger partial charge is 0.329 e. The Morgan fingerprint density at radius 3 is 2.00 bits per heavy atom. The van der Waals surface area contributed by atoms with Crippen molar-refractivity contribution in [2.75, 3.05) is 6.54 Å². The fraction of sp³-hybridized carbons (Fsp3) is 0.500. The highest BCUT2D eigenvalue weighted by molar-refractivity contribution is 5.38. The Morgan fingerprint density at radius 2 is 1.64 bits per heavy atom. The molecule has 0 saturated carbocycles. The molecule has 78 valence electrons. The summed E-state index contributed by atoms with van der Waals surface area (Å²) in [6.07, 6.45) is 2.05. The SMILES string of the molecule is CCc1cccc(CC)c1C(N)CN. The van der Waals surface area contributed by atoms with Crippen molar-refractivity contribution in [2.24, 2.45) is 11.5 Å². The molecule has 1 aromatic carbocycles. The molecule has 0 fully saturated rings. The predicted octanol–water partition coefficient (Wildman–Crippen LogP) is 1.77. The van der Waals surface area contributed by atoms with Gasteiger partial charge in [-0.3, -0.25) is 0 Å². The maximum atomic E-state index is 6.02. The lowest BCUT2D eigenvalue weighted by Gasteiger charge is -2.18. The Hall–Kier alpha value is -0.860. The summed E-state index contributed by atoms with van der Waals surface area (Å²) in [4.78, 5) is 0. The van der Waals surface area contributed by atoms with Crippen molar-refractivity contribution in [3.05, 3.63) is 34.9 Å². The second-order valence-electron chi connectivity index (χ2n) is 3.54. The first kappa shape index (κ1) is 11.2. The predicted molar refractivity (Wildman–Crippen MR) is 61.2 cm³/mol. The molecule has 1 aromatic rings. The van der Waals surface area contributed by atoms with Crippen molar-refractivity contribution in [3.8, 4) is 0 Å². The summed E-state index contributed by atoms with van der Waals surface area (Å²) in [6, 6.07) is 6.37. The Kier molecular flexibility index (Phi) is 4.11. The van der Waals surface area contributed by atoms with Gasteiger partial charge < -0.3 is 11.5 Å². The summed E-state index contributed by atoms with van der Waals surface area (Å²) in [7, 11) is 0. The van der Waals surface area contributed by atoms with E-state index in [9.17, 15) is 0 Å². The molecule has 2 heteroatoms. The van der Waals surface area contributed by atoms with Crippen molar-refractivity contribution in [1.29, 1.82) is 0 Å². The van der Waals surface area contributed by atoms with Crippen LogP contribution in [0.2, 0.25) is 0 Å². The lowest BCUT2D eigenvalue weighted by atomic mass is 9.92. The van der Waals surface area contributed by atoms with Crippen LogP contribution in [0.4, 0.5) is 0 Å². The summed E-state index contributed by atoms with van der Waals surface area (Å²) in [5, 5.41) is 0. The number of nitrogens with two attached hydrogens (primary N) is 2. The maximum absolute atomic E-state index is 6.02. The summed E-state index contributed by atoms with van der Waals surface area (Å²) in [5.74, 6) is 0. The van der Waals surface area contributed by atoms with Crippen LogP contribution in [0.15, 0.2) is 18.2 Å². The zero-order valence-electron chi connectivity index (χ0n) is 9.09. The number of rotatable bonds is 4. The van der Waals surface area contributed by atoms with E-state index in [1.165, 1.54) is 16.7 Å². The minimum atomic E-state index is -0.0129. The molecular formula is C12H20N2. The quantitative estimate of drug-likeness (QED) is 0.764. The molecule has 0 aliphatic heterocycles. The van der Waals surface area contributed by atoms with E-state index in [0.717, 1.165) is 12.8 Å². The van der Waals surface area contributed by atoms with Gasteiger partial charge in [-0.25, -0.2) is 0 Å². The summed E-state index contributed by atoms with van der Waals surface area (Å²) in [5.41, 5.74) is 15.6. The molecule has 0 saturated heterocycles. The molecule has 0 aliphatic carbocycles. The van der Waals surface area contributed by atoms with Crippen LogP contribution in [0.5, 0.6) is 0 Å². The average molecular weight is 192 g/mol. The van der Waals surface area contributed by atoms with Gasteiger partial charge in [0.05, 0.1) is 0 Å². The minimum absolute atomic E-state index is 0.0129. The van der Waals surface area contributed by atoms with Crippen molar-refractivity contribution in [2.45, 2.75) is 32.7 Å². The fourth-order valence-corrected chi connectivity index (χ4v) is 1.88. The first-order valence-corrected chi connectivity index (χ1v) is 5.30. The molecule has 1 rings (SSSR count). The van der Waals surface area contributed by atoms with E-state index >= 15 is 0 Å². The van der Waals surface area contributed by atoms with Crippen LogP contribution in [0.1, 0.15) is 36.6 Å². The van der Waals surface area contributed by atoms with Crippen LogP contribution in [0.3, 0.4) is 0 Å². The molecule has 1 atom stereocenters. The molecule has 14 heavy (non-hydrogen) atoms. The Labute approximate surface area is 86.3 Å². The van der Waals surface area contributed by atoms with E-state index in [1.54, 1.807) is 0 Å². The van der Waals surface area contributed by atoms with Gasteiger partial charge in [0.25, 0.3) is 0 Å². The van der Waals surface area contributed by atoms with Gasteiger partial charge in [0.1, 0.15) is 0 Å². The lowest BCUT2D eigenvalue weighted by molar-refractivity contribution is 0.716. The first-order chi connectivity index (χ1) is 6.74. The van der Waals surface area contributed by atoms with Gasteiger partial charge in [0.15, 0.2) is 0 Å². The third kappa shape index (κ3) is 2.14.